The van der Waals surface area contributed by atoms with Crippen molar-refractivity contribution in [3.8, 4) is 0 Å². The summed E-state index contributed by atoms with van der Waals surface area (Å²) in [7, 11) is 0. The van der Waals surface area contributed by atoms with E-state index in [1.165, 1.54) is 0 Å². The standard InChI is InChI=1S/C13H25N3O2/c1-5-7-10(8-14)13-15-12(16-18-13)11(9(3)4)17-6-2/h9-11H,5-8,14H2,1-4H3. The van der Waals surface area contributed by atoms with Gasteiger partial charge in [0.05, 0.1) is 5.92 Å². The van der Waals surface area contributed by atoms with Crippen molar-refractivity contribution in [3.05, 3.63) is 11.7 Å². The van der Waals surface area contributed by atoms with Crippen molar-refractivity contribution in [2.24, 2.45) is 11.7 Å². The van der Waals surface area contributed by atoms with Gasteiger partial charge in [-0.25, -0.2) is 0 Å². The minimum absolute atomic E-state index is 0.104. The van der Waals surface area contributed by atoms with Gasteiger partial charge >= 0.3 is 0 Å². The van der Waals surface area contributed by atoms with Gasteiger partial charge in [-0.15, -0.1) is 0 Å². The topological polar surface area (TPSA) is 74.2 Å². The van der Waals surface area contributed by atoms with E-state index in [2.05, 4.69) is 30.9 Å². The second-order valence-corrected chi connectivity index (χ2v) is 4.83. The molecule has 5 nitrogen and oxygen atoms in total. The molecule has 1 aromatic heterocycles. The summed E-state index contributed by atoms with van der Waals surface area (Å²) in [4.78, 5) is 4.46. The number of hydrogen-bond donors (Lipinski definition) is 1. The molecule has 1 aromatic rings. The van der Waals surface area contributed by atoms with Gasteiger partial charge in [-0.2, -0.15) is 4.98 Å². The second-order valence-electron chi connectivity index (χ2n) is 4.83. The maximum atomic E-state index is 5.74. The lowest BCUT2D eigenvalue weighted by molar-refractivity contribution is 0.0217. The lowest BCUT2D eigenvalue weighted by Crippen LogP contribution is -2.15. The molecule has 0 saturated carbocycles. The van der Waals surface area contributed by atoms with Crippen molar-refractivity contribution in [1.29, 1.82) is 0 Å². The van der Waals surface area contributed by atoms with Crippen LogP contribution in [0.1, 0.15) is 64.3 Å². The second kappa shape index (κ2) is 7.48. The first kappa shape index (κ1) is 15.1. The highest BCUT2D eigenvalue weighted by Crippen LogP contribution is 2.26. The Bertz CT molecular complexity index is 339. The van der Waals surface area contributed by atoms with Gasteiger partial charge in [0.1, 0.15) is 6.10 Å². The van der Waals surface area contributed by atoms with Crippen LogP contribution in [-0.2, 0) is 4.74 Å². The first-order chi connectivity index (χ1) is 8.63. The van der Waals surface area contributed by atoms with E-state index >= 15 is 0 Å². The first-order valence-electron chi connectivity index (χ1n) is 6.79. The van der Waals surface area contributed by atoms with Gasteiger partial charge in [0, 0.05) is 13.2 Å². The smallest absolute Gasteiger partial charge is 0.231 e. The fraction of sp³-hybridized carbons (Fsp3) is 0.846. The number of nitrogens with zero attached hydrogens (tertiary/aromatic N) is 2. The van der Waals surface area contributed by atoms with Gasteiger partial charge in [0.25, 0.3) is 0 Å². The van der Waals surface area contributed by atoms with Crippen LogP contribution in [0.5, 0.6) is 0 Å². The van der Waals surface area contributed by atoms with Crippen LogP contribution < -0.4 is 5.73 Å². The molecule has 0 aliphatic heterocycles. The summed E-state index contributed by atoms with van der Waals surface area (Å²) in [6.07, 6.45) is 1.92. The molecule has 1 heterocycles. The third kappa shape index (κ3) is 3.78. The van der Waals surface area contributed by atoms with Crippen molar-refractivity contribution < 1.29 is 9.26 Å². The van der Waals surface area contributed by atoms with E-state index < -0.39 is 0 Å². The predicted octanol–water partition coefficient (Wildman–Crippen LogP) is 2.65. The zero-order chi connectivity index (χ0) is 13.5. The van der Waals surface area contributed by atoms with Crippen LogP contribution >= 0.6 is 0 Å². The van der Waals surface area contributed by atoms with Crippen molar-refractivity contribution in [1.82, 2.24) is 10.1 Å². The first-order valence-corrected chi connectivity index (χ1v) is 6.79. The normalized spacial score (nSPS) is 15.0. The number of rotatable bonds is 8. The summed E-state index contributed by atoms with van der Waals surface area (Å²) < 4.78 is 11.0. The molecule has 2 atom stereocenters. The van der Waals surface area contributed by atoms with E-state index in [0.717, 1.165) is 12.8 Å². The molecule has 0 radical (unpaired) electrons. The van der Waals surface area contributed by atoms with E-state index in [9.17, 15) is 0 Å². The molecule has 0 fully saturated rings. The lowest BCUT2D eigenvalue weighted by Gasteiger charge is -2.16. The molecule has 0 aliphatic carbocycles. The fourth-order valence-corrected chi connectivity index (χ4v) is 1.96. The maximum Gasteiger partial charge on any atom is 0.231 e. The summed E-state index contributed by atoms with van der Waals surface area (Å²) in [5.41, 5.74) is 5.74. The molecule has 0 aromatic carbocycles. The molecule has 0 spiro atoms. The monoisotopic (exact) mass is 255 g/mol. The predicted molar refractivity (Wildman–Crippen MR) is 70.2 cm³/mol. The Labute approximate surface area is 109 Å². The van der Waals surface area contributed by atoms with Gasteiger partial charge in [-0.3, -0.25) is 0 Å². The summed E-state index contributed by atoms with van der Waals surface area (Å²) in [6, 6.07) is 0. The SMILES string of the molecule is CCCC(CN)c1nc(C(OCC)C(C)C)no1. The highest BCUT2D eigenvalue weighted by molar-refractivity contribution is 4.98. The van der Waals surface area contributed by atoms with Crippen molar-refractivity contribution in [2.75, 3.05) is 13.2 Å². The van der Waals surface area contributed by atoms with Gasteiger partial charge in [-0.1, -0.05) is 32.3 Å². The zero-order valence-electron chi connectivity index (χ0n) is 11.8. The van der Waals surface area contributed by atoms with Crippen molar-refractivity contribution >= 4 is 0 Å². The summed E-state index contributed by atoms with van der Waals surface area (Å²) in [5, 5.41) is 4.04. The molecule has 0 amide bonds. The third-order valence-electron chi connectivity index (χ3n) is 2.93. The Kier molecular flexibility index (Phi) is 6.29. The molecule has 5 heteroatoms. The Morgan fingerprint density at radius 3 is 2.56 bits per heavy atom. The zero-order valence-corrected chi connectivity index (χ0v) is 11.8. The van der Waals surface area contributed by atoms with Crippen LogP contribution in [-0.4, -0.2) is 23.3 Å². The molecular weight excluding hydrogens is 230 g/mol. The summed E-state index contributed by atoms with van der Waals surface area (Å²) in [6.45, 7) is 9.44. The molecule has 0 bridgehead atoms. The van der Waals surface area contributed by atoms with E-state index in [1.807, 2.05) is 6.92 Å². The van der Waals surface area contributed by atoms with Gasteiger partial charge < -0.3 is 15.0 Å². The minimum Gasteiger partial charge on any atom is -0.370 e. The minimum atomic E-state index is -0.104. The summed E-state index contributed by atoms with van der Waals surface area (Å²) >= 11 is 0. The van der Waals surface area contributed by atoms with Crippen LogP contribution in [0.3, 0.4) is 0 Å². The van der Waals surface area contributed by atoms with Crippen molar-refractivity contribution in [2.45, 2.75) is 52.6 Å². The van der Waals surface area contributed by atoms with Crippen LogP contribution in [0, 0.1) is 5.92 Å². The van der Waals surface area contributed by atoms with E-state index in [1.54, 1.807) is 0 Å². The molecule has 0 aliphatic rings. The van der Waals surface area contributed by atoms with Gasteiger partial charge in [-0.05, 0) is 19.3 Å². The van der Waals surface area contributed by atoms with Crippen LogP contribution in [0.15, 0.2) is 4.52 Å². The Morgan fingerprint density at radius 1 is 1.33 bits per heavy atom. The highest BCUT2D eigenvalue weighted by atomic mass is 16.5. The molecule has 1 rings (SSSR count). The Morgan fingerprint density at radius 2 is 2.06 bits per heavy atom. The average molecular weight is 255 g/mol. The van der Waals surface area contributed by atoms with Gasteiger partial charge in [0.15, 0.2) is 0 Å². The molecular formula is C13H25N3O2. The van der Waals surface area contributed by atoms with E-state index in [0.29, 0.717) is 30.8 Å². The molecule has 0 saturated heterocycles. The molecule has 2 unspecified atom stereocenters. The quantitative estimate of drug-likeness (QED) is 0.773. The highest BCUT2D eigenvalue weighted by Gasteiger charge is 2.24. The third-order valence-corrected chi connectivity index (χ3v) is 2.93. The molecule has 18 heavy (non-hydrogen) atoms. The van der Waals surface area contributed by atoms with Crippen LogP contribution in [0.25, 0.3) is 0 Å². The number of nitrogens with two attached hydrogens (primary N) is 1. The molecule has 104 valence electrons. The van der Waals surface area contributed by atoms with Crippen molar-refractivity contribution in [3.63, 3.8) is 0 Å². The largest absolute Gasteiger partial charge is 0.370 e. The van der Waals surface area contributed by atoms with Gasteiger partial charge in [0.2, 0.25) is 11.7 Å². The number of ether oxygens (including phenoxy) is 1. The number of aromatic nitrogens is 2. The Balaban J connectivity index is 2.82. The maximum absolute atomic E-state index is 5.74. The van der Waals surface area contributed by atoms with E-state index in [4.69, 9.17) is 15.0 Å². The lowest BCUT2D eigenvalue weighted by atomic mass is 10.0. The Hall–Kier alpha value is -0.940. The summed E-state index contributed by atoms with van der Waals surface area (Å²) in [5.74, 6) is 1.75. The molecule has 2 N–H and O–H groups in total. The van der Waals surface area contributed by atoms with Crippen LogP contribution in [0.2, 0.25) is 0 Å². The van der Waals surface area contributed by atoms with E-state index in [-0.39, 0.29) is 12.0 Å². The number of hydrogen-bond acceptors (Lipinski definition) is 5. The van der Waals surface area contributed by atoms with Crippen LogP contribution in [0.4, 0.5) is 0 Å². The average Bonchev–Trinajstić information content (AvgIpc) is 2.81. The fourth-order valence-electron chi connectivity index (χ4n) is 1.96.